The van der Waals surface area contributed by atoms with Gasteiger partial charge < -0.3 is 10.8 Å². The third-order valence-electron chi connectivity index (χ3n) is 4.57. The van der Waals surface area contributed by atoms with E-state index in [-0.39, 0.29) is 25.1 Å². The maximum Gasteiger partial charge on any atom is 0.0585 e. The number of halogens is 1. The molecule has 0 unspecified atom stereocenters. The van der Waals surface area contributed by atoms with Crippen molar-refractivity contribution in [2.75, 3.05) is 6.61 Å². The predicted octanol–water partition coefficient (Wildman–Crippen LogP) is 5.43. The average molecular weight is 356 g/mol. The van der Waals surface area contributed by atoms with Crippen LogP contribution in [-0.2, 0) is 12.8 Å². The number of unbranched alkanes of at least 4 members (excludes halogenated alkanes) is 9. The molecule has 2 nitrogen and oxygen atoms in total. The van der Waals surface area contributed by atoms with E-state index >= 15 is 0 Å². The van der Waals surface area contributed by atoms with E-state index in [1.54, 1.807) is 0 Å². The summed E-state index contributed by atoms with van der Waals surface area (Å²) in [7, 11) is 0. The summed E-state index contributed by atoms with van der Waals surface area (Å²) in [5, 5.41) is 8.98. The topological polar surface area (TPSA) is 46.2 Å². The lowest BCUT2D eigenvalue weighted by Crippen LogP contribution is -2.26. The number of aliphatic hydroxyl groups excluding tert-OH is 1. The van der Waals surface area contributed by atoms with Crippen LogP contribution in [-0.4, -0.2) is 17.8 Å². The molecule has 140 valence electrons. The van der Waals surface area contributed by atoms with Crippen LogP contribution in [0.1, 0.15) is 82.3 Å². The first-order valence-corrected chi connectivity index (χ1v) is 9.70. The van der Waals surface area contributed by atoms with E-state index in [9.17, 15) is 0 Å². The minimum Gasteiger partial charge on any atom is -0.395 e. The Morgan fingerprint density at radius 2 is 1.25 bits per heavy atom. The fraction of sp³-hybridized carbons (Fsp3) is 0.714. The molecule has 0 aromatic heterocycles. The molecule has 0 heterocycles. The fourth-order valence-corrected chi connectivity index (χ4v) is 3.03. The molecular weight excluding hydrogens is 318 g/mol. The molecule has 1 aromatic rings. The van der Waals surface area contributed by atoms with Crippen molar-refractivity contribution in [2.24, 2.45) is 5.73 Å². The molecule has 3 N–H and O–H groups in total. The van der Waals surface area contributed by atoms with E-state index in [4.69, 9.17) is 10.8 Å². The highest BCUT2D eigenvalue weighted by molar-refractivity contribution is 5.85. The van der Waals surface area contributed by atoms with Crippen molar-refractivity contribution < 1.29 is 5.11 Å². The van der Waals surface area contributed by atoms with Crippen LogP contribution in [0.15, 0.2) is 24.3 Å². The van der Waals surface area contributed by atoms with Crippen molar-refractivity contribution in [1.82, 2.24) is 0 Å². The lowest BCUT2D eigenvalue weighted by atomic mass is 10.0. The number of hydrogen-bond acceptors (Lipinski definition) is 2. The molecule has 0 aliphatic carbocycles. The molecule has 1 aromatic carbocycles. The van der Waals surface area contributed by atoms with Crippen molar-refractivity contribution in [2.45, 2.75) is 90.0 Å². The summed E-state index contributed by atoms with van der Waals surface area (Å²) < 4.78 is 0. The predicted molar refractivity (Wildman–Crippen MR) is 108 cm³/mol. The Labute approximate surface area is 155 Å². The maximum absolute atomic E-state index is 8.98. The molecule has 0 spiro atoms. The molecule has 0 saturated heterocycles. The van der Waals surface area contributed by atoms with Gasteiger partial charge in [-0.2, -0.15) is 0 Å². The molecule has 0 radical (unpaired) electrons. The van der Waals surface area contributed by atoms with Crippen LogP contribution in [0.4, 0.5) is 0 Å². The summed E-state index contributed by atoms with van der Waals surface area (Å²) in [4.78, 5) is 0. The molecule has 0 aliphatic rings. The summed E-state index contributed by atoms with van der Waals surface area (Å²) in [6.45, 7) is 2.33. The number of benzene rings is 1. The summed E-state index contributed by atoms with van der Waals surface area (Å²) >= 11 is 0. The van der Waals surface area contributed by atoms with E-state index < -0.39 is 0 Å². The first-order chi connectivity index (χ1) is 11.3. The third-order valence-corrected chi connectivity index (χ3v) is 4.57. The van der Waals surface area contributed by atoms with Crippen molar-refractivity contribution in [3.8, 4) is 0 Å². The Bertz CT molecular complexity index is 380. The van der Waals surface area contributed by atoms with Gasteiger partial charge in [0.15, 0.2) is 0 Å². The molecule has 1 atom stereocenters. The highest BCUT2D eigenvalue weighted by atomic mass is 35.5. The van der Waals surface area contributed by atoms with Gasteiger partial charge in [0, 0.05) is 6.04 Å². The second kappa shape index (κ2) is 15.9. The molecule has 0 fully saturated rings. The van der Waals surface area contributed by atoms with Gasteiger partial charge >= 0.3 is 0 Å². The number of nitrogens with two attached hydrogens (primary N) is 1. The monoisotopic (exact) mass is 355 g/mol. The van der Waals surface area contributed by atoms with E-state index in [1.807, 2.05) is 0 Å². The van der Waals surface area contributed by atoms with Crippen LogP contribution in [0.5, 0.6) is 0 Å². The van der Waals surface area contributed by atoms with E-state index in [1.165, 1.54) is 81.8 Å². The number of rotatable bonds is 14. The first kappa shape index (κ1) is 23.4. The van der Waals surface area contributed by atoms with Crippen LogP contribution in [0.2, 0.25) is 0 Å². The van der Waals surface area contributed by atoms with Crippen molar-refractivity contribution in [1.29, 1.82) is 0 Å². The lowest BCUT2D eigenvalue weighted by molar-refractivity contribution is 0.265. The molecule has 1 rings (SSSR count). The average Bonchev–Trinajstić information content (AvgIpc) is 2.58. The summed E-state index contributed by atoms with van der Waals surface area (Å²) in [6.07, 6.45) is 15.8. The number of hydrogen-bond donors (Lipinski definition) is 2. The van der Waals surface area contributed by atoms with Gasteiger partial charge in [-0.1, -0.05) is 89.0 Å². The molecule has 3 heteroatoms. The summed E-state index contributed by atoms with van der Waals surface area (Å²) in [6, 6.07) is 8.60. The van der Waals surface area contributed by atoms with Crippen LogP contribution in [0.3, 0.4) is 0 Å². The highest BCUT2D eigenvalue weighted by Gasteiger charge is 2.02. The van der Waals surface area contributed by atoms with E-state index in [0.717, 1.165) is 6.42 Å². The second-order valence-corrected chi connectivity index (χ2v) is 6.90. The Balaban J connectivity index is 0.00000529. The van der Waals surface area contributed by atoms with Crippen molar-refractivity contribution in [3.63, 3.8) is 0 Å². The Morgan fingerprint density at radius 1 is 0.792 bits per heavy atom. The van der Waals surface area contributed by atoms with Gasteiger partial charge in [-0.15, -0.1) is 12.4 Å². The van der Waals surface area contributed by atoms with Crippen LogP contribution < -0.4 is 5.73 Å². The molecule has 24 heavy (non-hydrogen) atoms. The van der Waals surface area contributed by atoms with Gasteiger partial charge in [0.1, 0.15) is 0 Å². The standard InChI is InChI=1S/C21H37NO.ClH/c1-2-3-4-5-6-7-8-9-10-11-12-19-13-15-20(16-14-19)17-21(22)18-23;/h13-16,21,23H,2-12,17-18,22H2,1H3;1H/t21-;/m0./s1. The molecule has 0 aliphatic heterocycles. The second-order valence-electron chi connectivity index (χ2n) is 6.90. The van der Waals surface area contributed by atoms with Crippen molar-refractivity contribution in [3.05, 3.63) is 35.4 Å². The highest BCUT2D eigenvalue weighted by Crippen LogP contribution is 2.13. The zero-order chi connectivity index (χ0) is 16.8. The fourth-order valence-electron chi connectivity index (χ4n) is 3.03. The molecule has 0 saturated carbocycles. The van der Waals surface area contributed by atoms with Gasteiger partial charge in [0.25, 0.3) is 0 Å². The summed E-state index contributed by atoms with van der Waals surface area (Å²) in [5.41, 5.74) is 8.41. The normalized spacial score (nSPS) is 12.0. The lowest BCUT2D eigenvalue weighted by Gasteiger charge is -2.09. The van der Waals surface area contributed by atoms with Gasteiger partial charge in [0.05, 0.1) is 6.61 Å². The van der Waals surface area contributed by atoms with Crippen LogP contribution in [0.25, 0.3) is 0 Å². The van der Waals surface area contributed by atoms with Gasteiger partial charge in [-0.3, -0.25) is 0 Å². The molecule has 0 amide bonds. The van der Waals surface area contributed by atoms with E-state index in [0.29, 0.717) is 0 Å². The zero-order valence-electron chi connectivity index (χ0n) is 15.5. The molecular formula is C21H38ClNO. The van der Waals surface area contributed by atoms with Gasteiger partial charge in [-0.25, -0.2) is 0 Å². The van der Waals surface area contributed by atoms with E-state index in [2.05, 4.69) is 31.2 Å². The third kappa shape index (κ3) is 11.9. The Kier molecular flexibility index (Phi) is 15.6. The zero-order valence-corrected chi connectivity index (χ0v) is 16.3. The number of aliphatic hydroxyl groups is 1. The van der Waals surface area contributed by atoms with Crippen LogP contribution in [0, 0.1) is 0 Å². The Hall–Kier alpha value is -0.570. The van der Waals surface area contributed by atoms with Gasteiger partial charge in [0.2, 0.25) is 0 Å². The number of aryl methyl sites for hydroxylation is 1. The largest absolute Gasteiger partial charge is 0.395 e. The maximum atomic E-state index is 8.98. The molecule has 0 bridgehead atoms. The quantitative estimate of drug-likeness (QED) is 0.437. The Morgan fingerprint density at radius 3 is 1.75 bits per heavy atom. The van der Waals surface area contributed by atoms with Crippen LogP contribution >= 0.6 is 12.4 Å². The minimum atomic E-state index is -0.136. The van der Waals surface area contributed by atoms with Gasteiger partial charge in [-0.05, 0) is 30.4 Å². The first-order valence-electron chi connectivity index (χ1n) is 9.70. The SMILES string of the molecule is CCCCCCCCCCCCc1ccc(C[C@H](N)CO)cc1.Cl. The van der Waals surface area contributed by atoms with Crippen molar-refractivity contribution >= 4 is 12.4 Å². The summed E-state index contributed by atoms with van der Waals surface area (Å²) in [5.74, 6) is 0. The minimum absolute atomic E-state index is 0. The smallest absolute Gasteiger partial charge is 0.0585 e.